The summed E-state index contributed by atoms with van der Waals surface area (Å²) in [6.07, 6.45) is 13.3. The lowest BCUT2D eigenvalue weighted by Gasteiger charge is -2.72. The van der Waals surface area contributed by atoms with Crippen molar-refractivity contribution >= 4 is 23.1 Å². The second kappa shape index (κ2) is 9.46. The van der Waals surface area contributed by atoms with Gasteiger partial charge in [-0.25, -0.2) is 4.79 Å². The SMILES string of the molecule is C=C(C)[C@@H]1CC[C@]2(CO)CC[C@]3(C)[C@H](CC[C@@H]4[C@@]5(C)CC=C(c6ccc(C(=O)O)cc6Cl)C(C)(C)[C@@H]5CC[C@]43C)[C@@H]12. The van der Waals surface area contributed by atoms with Crippen molar-refractivity contribution in [2.75, 3.05) is 6.61 Å². The number of aliphatic hydroxyl groups is 1. The quantitative estimate of drug-likeness (QED) is 0.350. The van der Waals surface area contributed by atoms with E-state index in [1.54, 1.807) is 12.1 Å². The third-order valence-corrected chi connectivity index (χ3v) is 15.0. The molecular weight excluding hydrogens is 528 g/mol. The van der Waals surface area contributed by atoms with Crippen LogP contribution in [-0.4, -0.2) is 22.8 Å². The number of aromatic carboxylic acids is 1. The maximum Gasteiger partial charge on any atom is 0.335 e. The Morgan fingerprint density at radius 1 is 0.976 bits per heavy atom. The van der Waals surface area contributed by atoms with E-state index in [0.717, 1.165) is 24.8 Å². The number of carbonyl (C=O) groups is 1. The van der Waals surface area contributed by atoms with Crippen molar-refractivity contribution in [1.29, 1.82) is 0 Å². The lowest BCUT2D eigenvalue weighted by atomic mass is 9.32. The van der Waals surface area contributed by atoms with Crippen LogP contribution in [-0.2, 0) is 0 Å². The lowest BCUT2D eigenvalue weighted by molar-refractivity contribution is -0.228. The lowest BCUT2D eigenvalue weighted by Crippen LogP contribution is -2.65. The molecule has 4 saturated carbocycles. The molecular formula is C37H51ClO3. The minimum Gasteiger partial charge on any atom is -0.478 e. The molecule has 4 fully saturated rings. The highest BCUT2D eigenvalue weighted by Crippen LogP contribution is 2.77. The van der Waals surface area contributed by atoms with Gasteiger partial charge in [0.2, 0.25) is 0 Å². The third-order valence-electron chi connectivity index (χ3n) is 14.6. The van der Waals surface area contributed by atoms with E-state index in [1.165, 1.54) is 49.7 Å². The van der Waals surface area contributed by atoms with E-state index in [9.17, 15) is 15.0 Å². The highest BCUT2D eigenvalue weighted by Gasteiger charge is 2.70. The summed E-state index contributed by atoms with van der Waals surface area (Å²) < 4.78 is 0. The van der Waals surface area contributed by atoms with Crippen LogP contribution in [0.5, 0.6) is 0 Å². The Morgan fingerprint density at radius 3 is 2.34 bits per heavy atom. The van der Waals surface area contributed by atoms with Crippen LogP contribution in [0.1, 0.15) is 115 Å². The van der Waals surface area contributed by atoms with Crippen LogP contribution in [0.4, 0.5) is 0 Å². The largest absolute Gasteiger partial charge is 0.478 e. The van der Waals surface area contributed by atoms with E-state index in [2.05, 4.69) is 54.2 Å². The Balaban J connectivity index is 1.37. The fourth-order valence-electron chi connectivity index (χ4n) is 12.5. The number of rotatable bonds is 4. The molecule has 5 aliphatic carbocycles. The molecule has 2 N–H and O–H groups in total. The minimum atomic E-state index is -0.940. The van der Waals surface area contributed by atoms with E-state index in [-0.39, 0.29) is 32.6 Å². The first-order valence-electron chi connectivity index (χ1n) is 16.2. The molecule has 1 aromatic carbocycles. The van der Waals surface area contributed by atoms with Gasteiger partial charge in [-0.1, -0.05) is 70.5 Å². The van der Waals surface area contributed by atoms with Crippen LogP contribution in [0.15, 0.2) is 36.4 Å². The molecule has 9 atom stereocenters. The van der Waals surface area contributed by atoms with Crippen molar-refractivity contribution in [2.24, 2.45) is 56.7 Å². The first-order valence-corrected chi connectivity index (χ1v) is 16.5. The highest BCUT2D eigenvalue weighted by molar-refractivity contribution is 6.32. The third kappa shape index (κ3) is 3.83. The number of hydrogen-bond acceptors (Lipinski definition) is 2. The number of fused-ring (bicyclic) bond motifs is 7. The van der Waals surface area contributed by atoms with Crippen LogP contribution >= 0.6 is 11.6 Å². The molecule has 4 heteroatoms. The van der Waals surface area contributed by atoms with Crippen LogP contribution < -0.4 is 0 Å². The standard InChI is InChI=1S/C37H51ClO3/c1-22(2)24-12-17-37(21-39)19-18-35(6)27(31(24)37)10-11-30-34(5)15-13-26(25-9-8-23(32(40)41)20-28(25)38)33(3,4)29(34)14-16-36(30,35)7/h8-9,13,20,24,27,29-31,39H,1,10-12,14-19,21H2,2-7H3,(H,40,41)/t24-,27+,29-,30+,31+,34-,35+,36+,37+/m0/s1. The van der Waals surface area contributed by atoms with Gasteiger partial charge in [0.1, 0.15) is 0 Å². The number of hydrogen-bond donors (Lipinski definition) is 2. The molecule has 0 aliphatic heterocycles. The monoisotopic (exact) mass is 578 g/mol. The van der Waals surface area contributed by atoms with Gasteiger partial charge in [0.15, 0.2) is 0 Å². The average Bonchev–Trinajstić information content (AvgIpc) is 3.30. The fourth-order valence-corrected chi connectivity index (χ4v) is 12.8. The Kier molecular flexibility index (Phi) is 6.80. The maximum absolute atomic E-state index is 11.5. The Morgan fingerprint density at radius 2 is 1.71 bits per heavy atom. The Labute approximate surface area is 252 Å². The summed E-state index contributed by atoms with van der Waals surface area (Å²) >= 11 is 6.74. The molecule has 41 heavy (non-hydrogen) atoms. The van der Waals surface area contributed by atoms with Gasteiger partial charge in [-0.2, -0.15) is 0 Å². The van der Waals surface area contributed by atoms with E-state index >= 15 is 0 Å². The van der Waals surface area contributed by atoms with Gasteiger partial charge in [-0.3, -0.25) is 0 Å². The molecule has 0 amide bonds. The highest BCUT2D eigenvalue weighted by atomic mass is 35.5. The number of allylic oxidation sites excluding steroid dienone is 3. The first kappa shape index (κ1) is 29.5. The molecule has 0 heterocycles. The second-order valence-corrected chi connectivity index (χ2v) is 16.7. The zero-order valence-electron chi connectivity index (χ0n) is 26.2. The second-order valence-electron chi connectivity index (χ2n) is 16.2. The number of carboxylic acids is 1. The van der Waals surface area contributed by atoms with Crippen molar-refractivity contribution in [3.8, 4) is 0 Å². The molecule has 0 aromatic heterocycles. The van der Waals surface area contributed by atoms with E-state index in [0.29, 0.717) is 41.2 Å². The van der Waals surface area contributed by atoms with Gasteiger partial charge in [0.25, 0.3) is 0 Å². The van der Waals surface area contributed by atoms with Gasteiger partial charge < -0.3 is 10.2 Å². The molecule has 0 saturated heterocycles. The zero-order valence-corrected chi connectivity index (χ0v) is 26.9. The van der Waals surface area contributed by atoms with Gasteiger partial charge in [-0.15, -0.1) is 0 Å². The van der Waals surface area contributed by atoms with Crippen molar-refractivity contribution in [3.63, 3.8) is 0 Å². The Bertz CT molecular complexity index is 1310. The van der Waals surface area contributed by atoms with Crippen LogP contribution in [0, 0.1) is 56.7 Å². The summed E-state index contributed by atoms with van der Waals surface area (Å²) in [6, 6.07) is 5.24. The maximum atomic E-state index is 11.5. The van der Waals surface area contributed by atoms with E-state index in [4.69, 9.17) is 11.6 Å². The molecule has 6 rings (SSSR count). The summed E-state index contributed by atoms with van der Waals surface area (Å²) in [5.74, 6) is 2.03. The average molecular weight is 579 g/mol. The Hall–Kier alpha value is -1.58. The molecule has 0 bridgehead atoms. The normalized spacial score (nSPS) is 44.6. The van der Waals surface area contributed by atoms with Crippen molar-refractivity contribution in [1.82, 2.24) is 0 Å². The number of carboxylic acid groups (broad SMARTS) is 1. The minimum absolute atomic E-state index is 0.0599. The van der Waals surface area contributed by atoms with Crippen molar-refractivity contribution < 1.29 is 15.0 Å². The van der Waals surface area contributed by atoms with Gasteiger partial charge in [-0.05, 0) is 145 Å². The summed E-state index contributed by atoms with van der Waals surface area (Å²) in [4.78, 5) is 11.5. The smallest absolute Gasteiger partial charge is 0.335 e. The zero-order chi connectivity index (χ0) is 29.8. The summed E-state index contributed by atoms with van der Waals surface area (Å²) in [5.41, 5.74) is 4.63. The summed E-state index contributed by atoms with van der Waals surface area (Å²) in [5, 5.41) is 20.8. The number of benzene rings is 1. The predicted octanol–water partition coefficient (Wildman–Crippen LogP) is 9.68. The predicted molar refractivity (Wildman–Crippen MR) is 168 cm³/mol. The molecule has 1 aromatic rings. The van der Waals surface area contributed by atoms with Crippen LogP contribution in [0.25, 0.3) is 5.57 Å². The van der Waals surface area contributed by atoms with Gasteiger partial charge in [0.05, 0.1) is 5.56 Å². The fraction of sp³-hybridized carbons (Fsp3) is 0.703. The summed E-state index contributed by atoms with van der Waals surface area (Å²) in [7, 11) is 0. The molecule has 224 valence electrons. The number of halogens is 1. The molecule has 0 unspecified atom stereocenters. The van der Waals surface area contributed by atoms with Crippen LogP contribution in [0.2, 0.25) is 5.02 Å². The first-order chi connectivity index (χ1) is 19.2. The van der Waals surface area contributed by atoms with Crippen molar-refractivity contribution in [3.05, 3.63) is 52.6 Å². The molecule has 5 aliphatic rings. The van der Waals surface area contributed by atoms with Gasteiger partial charge in [0, 0.05) is 11.6 Å². The summed E-state index contributed by atoms with van der Waals surface area (Å²) in [6.45, 7) is 19.8. The van der Waals surface area contributed by atoms with E-state index < -0.39 is 5.97 Å². The van der Waals surface area contributed by atoms with Crippen molar-refractivity contribution in [2.45, 2.75) is 99.3 Å². The number of aliphatic hydroxyl groups excluding tert-OH is 1. The van der Waals surface area contributed by atoms with E-state index in [1.807, 2.05) is 6.07 Å². The molecule has 0 spiro atoms. The van der Waals surface area contributed by atoms with Crippen LogP contribution in [0.3, 0.4) is 0 Å². The topological polar surface area (TPSA) is 57.5 Å². The van der Waals surface area contributed by atoms with Gasteiger partial charge >= 0.3 is 5.97 Å². The molecule has 0 radical (unpaired) electrons. The molecule has 3 nitrogen and oxygen atoms in total.